The molecule has 0 radical (unpaired) electrons. The van der Waals surface area contributed by atoms with Crippen LogP contribution in [-0.4, -0.2) is 22.8 Å². The number of Topliss-reactive ketones (excluding diaryl/α,β-unsaturated/α-hetero) is 1. The van der Waals surface area contributed by atoms with Gasteiger partial charge in [0.2, 0.25) is 0 Å². The Balaban J connectivity index is 2.28. The van der Waals surface area contributed by atoms with Gasteiger partial charge in [-0.25, -0.2) is 4.98 Å². The highest BCUT2D eigenvalue weighted by Crippen LogP contribution is 2.18. The van der Waals surface area contributed by atoms with Crippen LogP contribution >= 0.6 is 11.8 Å². The van der Waals surface area contributed by atoms with E-state index in [-0.39, 0.29) is 5.78 Å². The summed E-state index contributed by atoms with van der Waals surface area (Å²) in [7, 11) is 0. The largest absolute Gasteiger partial charge is 0.441 e. The van der Waals surface area contributed by atoms with Crippen molar-refractivity contribution >= 4 is 28.6 Å². The number of carbonyl (C=O) groups is 1. The van der Waals surface area contributed by atoms with E-state index in [1.807, 2.05) is 12.3 Å². The zero-order valence-electron chi connectivity index (χ0n) is 9.32. The SMILES string of the molecule is CSCCC(=O)c1ccc2oc(C)nc2c1. The summed E-state index contributed by atoms with van der Waals surface area (Å²) in [5, 5.41) is 0. The van der Waals surface area contributed by atoms with Crippen LogP contribution in [0.5, 0.6) is 0 Å². The van der Waals surface area contributed by atoms with Crippen molar-refractivity contribution in [3.63, 3.8) is 0 Å². The van der Waals surface area contributed by atoms with Gasteiger partial charge in [-0.3, -0.25) is 4.79 Å². The van der Waals surface area contributed by atoms with E-state index in [9.17, 15) is 4.79 Å². The van der Waals surface area contributed by atoms with Crippen molar-refractivity contribution in [2.24, 2.45) is 0 Å². The highest BCUT2D eigenvalue weighted by Gasteiger charge is 2.08. The molecule has 1 heterocycles. The molecule has 4 heteroatoms. The zero-order chi connectivity index (χ0) is 11.5. The summed E-state index contributed by atoms with van der Waals surface area (Å²) in [5.41, 5.74) is 2.21. The smallest absolute Gasteiger partial charge is 0.192 e. The number of oxazole rings is 1. The van der Waals surface area contributed by atoms with E-state index in [1.165, 1.54) is 0 Å². The van der Waals surface area contributed by atoms with E-state index in [2.05, 4.69) is 4.98 Å². The first-order valence-electron chi connectivity index (χ1n) is 5.10. The second kappa shape index (κ2) is 4.70. The number of rotatable bonds is 4. The molecular formula is C12H13NO2S. The van der Waals surface area contributed by atoms with Gasteiger partial charge in [0.15, 0.2) is 17.3 Å². The van der Waals surface area contributed by atoms with E-state index < -0.39 is 0 Å². The molecule has 16 heavy (non-hydrogen) atoms. The third-order valence-corrected chi connectivity index (χ3v) is 2.96. The second-order valence-corrected chi connectivity index (χ2v) is 4.57. The summed E-state index contributed by atoms with van der Waals surface area (Å²) in [6, 6.07) is 5.41. The summed E-state index contributed by atoms with van der Waals surface area (Å²) >= 11 is 1.68. The van der Waals surface area contributed by atoms with Gasteiger partial charge in [0.1, 0.15) is 5.52 Å². The highest BCUT2D eigenvalue weighted by molar-refractivity contribution is 7.98. The van der Waals surface area contributed by atoms with Crippen LogP contribution in [0.25, 0.3) is 11.1 Å². The average Bonchev–Trinajstić information content (AvgIpc) is 2.64. The first kappa shape index (κ1) is 11.2. The molecule has 0 N–H and O–H groups in total. The van der Waals surface area contributed by atoms with Crippen molar-refractivity contribution in [2.75, 3.05) is 12.0 Å². The van der Waals surface area contributed by atoms with Gasteiger partial charge in [-0.1, -0.05) is 0 Å². The third kappa shape index (κ3) is 2.27. The summed E-state index contributed by atoms with van der Waals surface area (Å²) in [4.78, 5) is 16.0. The quantitative estimate of drug-likeness (QED) is 0.764. The molecule has 84 valence electrons. The molecule has 0 unspecified atom stereocenters. The fourth-order valence-electron chi connectivity index (χ4n) is 1.56. The minimum atomic E-state index is 0.164. The predicted molar refractivity (Wildman–Crippen MR) is 66.1 cm³/mol. The molecule has 2 aromatic rings. The van der Waals surface area contributed by atoms with Crippen LogP contribution in [0.4, 0.5) is 0 Å². The van der Waals surface area contributed by atoms with Crippen molar-refractivity contribution in [3.05, 3.63) is 29.7 Å². The molecule has 0 atom stereocenters. The van der Waals surface area contributed by atoms with Gasteiger partial charge in [-0.15, -0.1) is 0 Å². The lowest BCUT2D eigenvalue weighted by Crippen LogP contribution is -1.99. The molecule has 0 amide bonds. The maximum absolute atomic E-state index is 11.8. The molecular weight excluding hydrogens is 222 g/mol. The van der Waals surface area contributed by atoms with Gasteiger partial charge < -0.3 is 4.42 Å². The van der Waals surface area contributed by atoms with E-state index in [0.717, 1.165) is 22.4 Å². The Morgan fingerprint density at radius 3 is 3.06 bits per heavy atom. The van der Waals surface area contributed by atoms with Crippen LogP contribution < -0.4 is 0 Å². The highest BCUT2D eigenvalue weighted by atomic mass is 32.2. The molecule has 2 rings (SSSR count). The Hall–Kier alpha value is -1.29. The van der Waals surface area contributed by atoms with Crippen LogP contribution in [0.2, 0.25) is 0 Å². The number of thioether (sulfide) groups is 1. The Morgan fingerprint density at radius 1 is 1.50 bits per heavy atom. The van der Waals surface area contributed by atoms with E-state index >= 15 is 0 Å². The molecule has 1 aromatic heterocycles. The van der Waals surface area contributed by atoms with Crippen LogP contribution in [0, 0.1) is 6.92 Å². The van der Waals surface area contributed by atoms with Crippen LogP contribution in [0.3, 0.4) is 0 Å². The maximum atomic E-state index is 11.8. The molecule has 0 aliphatic rings. The fraction of sp³-hybridized carbons (Fsp3) is 0.333. The molecule has 0 fully saturated rings. The van der Waals surface area contributed by atoms with Gasteiger partial charge in [0.25, 0.3) is 0 Å². The standard InChI is InChI=1S/C12H13NO2S/c1-8-13-10-7-9(3-4-12(10)15-8)11(14)5-6-16-2/h3-4,7H,5-6H2,1-2H3. The molecule has 0 aliphatic heterocycles. The summed E-state index contributed by atoms with van der Waals surface area (Å²) in [5.74, 6) is 1.65. The molecule has 3 nitrogen and oxygen atoms in total. The zero-order valence-corrected chi connectivity index (χ0v) is 10.1. The number of hydrogen-bond donors (Lipinski definition) is 0. The van der Waals surface area contributed by atoms with Crippen molar-refractivity contribution in [1.82, 2.24) is 4.98 Å². The lowest BCUT2D eigenvalue weighted by molar-refractivity contribution is 0.0989. The Bertz CT molecular complexity index is 519. The molecule has 0 saturated carbocycles. The Labute approximate surface area is 98.2 Å². The van der Waals surface area contributed by atoms with Crippen LogP contribution in [0.15, 0.2) is 22.6 Å². The van der Waals surface area contributed by atoms with E-state index in [1.54, 1.807) is 30.8 Å². The monoisotopic (exact) mass is 235 g/mol. The second-order valence-electron chi connectivity index (χ2n) is 3.58. The number of hydrogen-bond acceptors (Lipinski definition) is 4. The molecule has 0 spiro atoms. The minimum Gasteiger partial charge on any atom is -0.441 e. The van der Waals surface area contributed by atoms with Gasteiger partial charge in [-0.05, 0) is 24.5 Å². The fourth-order valence-corrected chi connectivity index (χ4v) is 1.94. The van der Waals surface area contributed by atoms with Crippen LogP contribution in [0.1, 0.15) is 22.7 Å². The van der Waals surface area contributed by atoms with E-state index in [0.29, 0.717) is 12.3 Å². The lowest BCUT2D eigenvalue weighted by Gasteiger charge is -1.98. The number of aromatic nitrogens is 1. The first-order chi connectivity index (χ1) is 7.70. The van der Waals surface area contributed by atoms with E-state index in [4.69, 9.17) is 4.42 Å². The summed E-state index contributed by atoms with van der Waals surface area (Å²) in [6.07, 6.45) is 2.57. The van der Waals surface area contributed by atoms with Gasteiger partial charge in [0, 0.05) is 24.7 Å². The first-order valence-corrected chi connectivity index (χ1v) is 6.49. The number of carbonyl (C=O) groups excluding carboxylic acids is 1. The lowest BCUT2D eigenvalue weighted by atomic mass is 10.1. The Morgan fingerprint density at radius 2 is 2.31 bits per heavy atom. The minimum absolute atomic E-state index is 0.164. The third-order valence-electron chi connectivity index (χ3n) is 2.35. The predicted octanol–water partition coefficient (Wildman–Crippen LogP) is 3.07. The van der Waals surface area contributed by atoms with Crippen molar-refractivity contribution < 1.29 is 9.21 Å². The molecule has 0 aliphatic carbocycles. The number of fused-ring (bicyclic) bond motifs is 1. The summed E-state index contributed by atoms with van der Waals surface area (Å²) in [6.45, 7) is 1.80. The van der Waals surface area contributed by atoms with Gasteiger partial charge in [-0.2, -0.15) is 11.8 Å². The Kier molecular flexibility index (Phi) is 3.29. The van der Waals surface area contributed by atoms with Crippen molar-refractivity contribution in [2.45, 2.75) is 13.3 Å². The molecule has 0 saturated heterocycles. The normalized spacial score (nSPS) is 10.9. The number of ketones is 1. The molecule has 1 aromatic carbocycles. The average molecular weight is 235 g/mol. The summed E-state index contributed by atoms with van der Waals surface area (Å²) < 4.78 is 5.36. The van der Waals surface area contributed by atoms with Crippen molar-refractivity contribution in [3.8, 4) is 0 Å². The van der Waals surface area contributed by atoms with Crippen molar-refractivity contribution in [1.29, 1.82) is 0 Å². The number of nitrogens with zero attached hydrogens (tertiary/aromatic N) is 1. The number of benzene rings is 1. The molecule has 0 bridgehead atoms. The van der Waals surface area contributed by atoms with Gasteiger partial charge >= 0.3 is 0 Å². The topological polar surface area (TPSA) is 43.1 Å². The van der Waals surface area contributed by atoms with Crippen LogP contribution in [-0.2, 0) is 0 Å². The maximum Gasteiger partial charge on any atom is 0.192 e. The number of aryl methyl sites for hydroxylation is 1. The van der Waals surface area contributed by atoms with Gasteiger partial charge in [0.05, 0.1) is 0 Å².